The third-order valence-corrected chi connectivity index (χ3v) is 4.77. The molecular formula is C22H18ClN5O. The molecule has 4 rings (SSSR count). The first-order chi connectivity index (χ1) is 14.0. The maximum Gasteiger partial charge on any atom is 0.258 e. The van der Waals surface area contributed by atoms with Gasteiger partial charge < -0.3 is 0 Å². The van der Waals surface area contributed by atoms with Gasteiger partial charge in [0.1, 0.15) is 5.69 Å². The first-order valence-electron chi connectivity index (χ1n) is 9.05. The molecule has 1 N–H and O–H groups in total. The second-order valence-electron chi connectivity index (χ2n) is 6.59. The number of rotatable bonds is 4. The van der Waals surface area contributed by atoms with E-state index in [-0.39, 0.29) is 5.91 Å². The van der Waals surface area contributed by atoms with E-state index in [4.69, 9.17) is 11.6 Å². The van der Waals surface area contributed by atoms with E-state index in [2.05, 4.69) is 20.4 Å². The molecule has 0 atom stereocenters. The molecule has 0 bridgehead atoms. The SMILES string of the molecule is Cc1ccccc1C(=O)Nc1nc(-c2ncccc2C)nn1-c1ccc(Cl)cc1. The van der Waals surface area contributed by atoms with Gasteiger partial charge in [0.2, 0.25) is 11.8 Å². The molecule has 0 saturated carbocycles. The van der Waals surface area contributed by atoms with E-state index in [1.165, 1.54) is 0 Å². The number of hydrogen-bond acceptors (Lipinski definition) is 4. The zero-order chi connectivity index (χ0) is 20.4. The molecule has 0 aliphatic heterocycles. The van der Waals surface area contributed by atoms with Crippen molar-refractivity contribution in [1.82, 2.24) is 19.7 Å². The molecule has 1 amide bonds. The number of halogens is 1. The van der Waals surface area contributed by atoms with Crippen molar-refractivity contribution in [2.75, 3.05) is 5.32 Å². The summed E-state index contributed by atoms with van der Waals surface area (Å²) in [6.07, 6.45) is 1.69. The van der Waals surface area contributed by atoms with Gasteiger partial charge in [0.15, 0.2) is 0 Å². The van der Waals surface area contributed by atoms with Crippen LogP contribution in [-0.2, 0) is 0 Å². The van der Waals surface area contributed by atoms with Crippen molar-refractivity contribution in [3.63, 3.8) is 0 Å². The molecule has 2 aromatic heterocycles. The normalized spacial score (nSPS) is 10.7. The van der Waals surface area contributed by atoms with Crippen LogP contribution in [0, 0.1) is 13.8 Å². The number of anilines is 1. The molecule has 4 aromatic rings. The van der Waals surface area contributed by atoms with Crippen LogP contribution < -0.4 is 5.32 Å². The van der Waals surface area contributed by atoms with Crippen LogP contribution in [0.3, 0.4) is 0 Å². The highest BCUT2D eigenvalue weighted by atomic mass is 35.5. The number of aromatic nitrogens is 4. The van der Waals surface area contributed by atoms with Crippen LogP contribution in [0.2, 0.25) is 5.02 Å². The highest BCUT2D eigenvalue weighted by Gasteiger charge is 2.18. The van der Waals surface area contributed by atoms with Crippen LogP contribution >= 0.6 is 11.6 Å². The van der Waals surface area contributed by atoms with Crippen molar-refractivity contribution in [3.8, 4) is 17.2 Å². The van der Waals surface area contributed by atoms with Crippen molar-refractivity contribution in [1.29, 1.82) is 0 Å². The van der Waals surface area contributed by atoms with Gasteiger partial charge in [-0.25, -0.2) is 0 Å². The predicted molar refractivity (Wildman–Crippen MR) is 113 cm³/mol. The van der Waals surface area contributed by atoms with Gasteiger partial charge in [-0.3, -0.25) is 15.1 Å². The number of amides is 1. The van der Waals surface area contributed by atoms with Crippen LogP contribution in [0.4, 0.5) is 5.95 Å². The van der Waals surface area contributed by atoms with E-state index >= 15 is 0 Å². The van der Waals surface area contributed by atoms with Gasteiger partial charge in [-0.1, -0.05) is 35.9 Å². The zero-order valence-corrected chi connectivity index (χ0v) is 16.7. The average Bonchev–Trinajstić information content (AvgIpc) is 3.12. The second kappa shape index (κ2) is 7.85. The van der Waals surface area contributed by atoms with E-state index in [0.29, 0.717) is 28.1 Å². The molecular weight excluding hydrogens is 386 g/mol. The van der Waals surface area contributed by atoms with Crippen LogP contribution in [0.5, 0.6) is 0 Å². The predicted octanol–water partition coefficient (Wildman–Crippen LogP) is 4.85. The zero-order valence-electron chi connectivity index (χ0n) is 15.9. The second-order valence-corrected chi connectivity index (χ2v) is 7.02. The molecule has 7 heteroatoms. The van der Waals surface area contributed by atoms with Gasteiger partial charge in [0, 0.05) is 16.8 Å². The lowest BCUT2D eigenvalue weighted by atomic mass is 10.1. The fraction of sp³-hybridized carbons (Fsp3) is 0.0909. The van der Waals surface area contributed by atoms with Crippen LogP contribution in [0.1, 0.15) is 21.5 Å². The Labute approximate surface area is 173 Å². The molecule has 0 saturated heterocycles. The van der Waals surface area contributed by atoms with Gasteiger partial charge in [-0.15, -0.1) is 5.10 Å². The molecule has 0 fully saturated rings. The Kier molecular flexibility index (Phi) is 5.10. The Morgan fingerprint density at radius 3 is 2.41 bits per heavy atom. The minimum absolute atomic E-state index is 0.255. The van der Waals surface area contributed by atoms with Crippen LogP contribution in [0.15, 0.2) is 66.9 Å². The lowest BCUT2D eigenvalue weighted by Gasteiger charge is -2.08. The summed E-state index contributed by atoms with van der Waals surface area (Å²) >= 11 is 6.02. The van der Waals surface area contributed by atoms with E-state index in [1.54, 1.807) is 29.1 Å². The van der Waals surface area contributed by atoms with Gasteiger partial charge in [0.25, 0.3) is 5.91 Å². The smallest absolute Gasteiger partial charge is 0.258 e. The summed E-state index contributed by atoms with van der Waals surface area (Å²) in [5, 5.41) is 8.09. The maximum atomic E-state index is 12.9. The van der Waals surface area contributed by atoms with Crippen molar-refractivity contribution < 1.29 is 4.79 Å². The molecule has 29 heavy (non-hydrogen) atoms. The summed E-state index contributed by atoms with van der Waals surface area (Å²) in [6.45, 7) is 3.83. The molecule has 0 aliphatic carbocycles. The lowest BCUT2D eigenvalue weighted by molar-refractivity contribution is 0.102. The highest BCUT2D eigenvalue weighted by Crippen LogP contribution is 2.23. The Bertz CT molecular complexity index is 1180. The van der Waals surface area contributed by atoms with Gasteiger partial charge >= 0.3 is 0 Å². The molecule has 144 valence electrons. The van der Waals surface area contributed by atoms with Crippen LogP contribution in [-0.4, -0.2) is 25.7 Å². The third-order valence-electron chi connectivity index (χ3n) is 4.51. The number of pyridine rings is 1. The van der Waals surface area contributed by atoms with Gasteiger partial charge in [-0.05, 0) is 61.4 Å². The average molecular weight is 404 g/mol. The molecule has 0 spiro atoms. The minimum atomic E-state index is -0.255. The Balaban J connectivity index is 1.79. The lowest BCUT2D eigenvalue weighted by Crippen LogP contribution is -2.17. The topological polar surface area (TPSA) is 72.7 Å². The summed E-state index contributed by atoms with van der Waals surface area (Å²) in [7, 11) is 0. The van der Waals surface area contributed by atoms with Crippen molar-refractivity contribution in [3.05, 3.63) is 88.6 Å². The Morgan fingerprint density at radius 2 is 1.69 bits per heavy atom. The number of carbonyl (C=O) groups excluding carboxylic acids is 1. The quantitative estimate of drug-likeness (QED) is 0.528. The third kappa shape index (κ3) is 3.88. The number of aryl methyl sites for hydroxylation is 2. The number of benzene rings is 2. The number of nitrogens with one attached hydrogen (secondary N) is 1. The molecule has 6 nitrogen and oxygen atoms in total. The van der Waals surface area contributed by atoms with Crippen molar-refractivity contribution >= 4 is 23.5 Å². The number of nitrogens with zero attached hydrogens (tertiary/aromatic N) is 4. The monoisotopic (exact) mass is 403 g/mol. The van der Waals surface area contributed by atoms with Crippen molar-refractivity contribution in [2.45, 2.75) is 13.8 Å². The Hall–Kier alpha value is -3.51. The summed E-state index contributed by atoms with van der Waals surface area (Å²) in [5.41, 5.74) is 3.78. The summed E-state index contributed by atoms with van der Waals surface area (Å²) < 4.78 is 1.58. The fourth-order valence-corrected chi connectivity index (χ4v) is 3.10. The maximum absolute atomic E-state index is 12.9. The fourth-order valence-electron chi connectivity index (χ4n) is 2.97. The van der Waals surface area contributed by atoms with Gasteiger partial charge in [0.05, 0.1) is 5.69 Å². The molecule has 0 unspecified atom stereocenters. The molecule has 0 aliphatic rings. The first-order valence-corrected chi connectivity index (χ1v) is 9.42. The van der Waals surface area contributed by atoms with Gasteiger partial charge in [-0.2, -0.15) is 9.67 Å². The summed E-state index contributed by atoms with van der Waals surface area (Å²) in [6, 6.07) is 18.3. The summed E-state index contributed by atoms with van der Waals surface area (Å²) in [5.74, 6) is 0.480. The largest absolute Gasteiger partial charge is 0.290 e. The highest BCUT2D eigenvalue weighted by molar-refractivity contribution is 6.30. The van der Waals surface area contributed by atoms with E-state index in [1.807, 2.05) is 56.3 Å². The molecule has 0 radical (unpaired) electrons. The Morgan fingerprint density at radius 1 is 0.966 bits per heavy atom. The van der Waals surface area contributed by atoms with Crippen LogP contribution in [0.25, 0.3) is 17.2 Å². The standard InChI is InChI=1S/C22H18ClN5O/c1-14-6-3-4-8-18(14)21(29)26-22-25-20(19-15(2)7-5-13-24-19)27-28(22)17-11-9-16(23)10-12-17/h3-13H,1-2H3,(H,25,26,27,29). The summed E-state index contributed by atoms with van der Waals surface area (Å²) in [4.78, 5) is 21.8. The first kappa shape index (κ1) is 18.8. The van der Waals surface area contributed by atoms with E-state index in [9.17, 15) is 4.79 Å². The van der Waals surface area contributed by atoms with Crippen molar-refractivity contribution in [2.24, 2.45) is 0 Å². The van der Waals surface area contributed by atoms with E-state index < -0.39 is 0 Å². The number of hydrogen-bond donors (Lipinski definition) is 1. The minimum Gasteiger partial charge on any atom is -0.290 e. The number of carbonyl (C=O) groups is 1. The molecule has 2 heterocycles. The van der Waals surface area contributed by atoms with E-state index in [0.717, 1.165) is 16.8 Å². The molecule has 2 aromatic carbocycles.